The van der Waals surface area contributed by atoms with Crippen molar-refractivity contribution in [1.29, 1.82) is 0 Å². The molecule has 1 aromatic carbocycles. The molecule has 140 valence electrons. The van der Waals surface area contributed by atoms with E-state index in [1.54, 1.807) is 0 Å². The first kappa shape index (κ1) is 18.6. The van der Waals surface area contributed by atoms with Gasteiger partial charge in [-0.3, -0.25) is 4.98 Å². The second kappa shape index (κ2) is 7.19. The fourth-order valence-corrected chi connectivity index (χ4v) is 3.34. The summed E-state index contributed by atoms with van der Waals surface area (Å²) < 4.78 is 37.4. The van der Waals surface area contributed by atoms with Gasteiger partial charge in [0.1, 0.15) is 30.4 Å². The van der Waals surface area contributed by atoms with E-state index < -0.39 is 12.0 Å². The molecular formula is C20H24F2N2O2. The minimum atomic E-state index is -2.61. The Bertz CT molecular complexity index is 791. The highest BCUT2D eigenvalue weighted by Gasteiger charge is 2.23. The molecule has 0 bridgehead atoms. The topological polar surface area (TPSA) is 57.4 Å². The third kappa shape index (κ3) is 4.12. The van der Waals surface area contributed by atoms with E-state index in [9.17, 15) is 8.78 Å². The second-order valence-electron chi connectivity index (χ2n) is 7.55. The van der Waals surface area contributed by atoms with Crippen LogP contribution in [0.1, 0.15) is 44.9 Å². The Hall–Kier alpha value is -2.21. The van der Waals surface area contributed by atoms with E-state index in [2.05, 4.69) is 18.8 Å². The Morgan fingerprint density at radius 3 is 2.73 bits per heavy atom. The van der Waals surface area contributed by atoms with Crippen molar-refractivity contribution in [3.8, 4) is 22.6 Å². The lowest BCUT2D eigenvalue weighted by Gasteiger charge is -2.27. The first-order chi connectivity index (χ1) is 12.2. The summed E-state index contributed by atoms with van der Waals surface area (Å²) in [4.78, 5) is 3.75. The minimum Gasteiger partial charge on any atom is -0.492 e. The number of nitrogens with two attached hydrogens (primary N) is 1. The smallest absolute Gasteiger partial charge is 0.280 e. The van der Waals surface area contributed by atoms with E-state index in [0.29, 0.717) is 36.2 Å². The first-order valence-electron chi connectivity index (χ1n) is 8.71. The van der Waals surface area contributed by atoms with Gasteiger partial charge in [-0.05, 0) is 43.0 Å². The van der Waals surface area contributed by atoms with Gasteiger partial charge in [-0.2, -0.15) is 0 Å². The number of rotatable bonds is 6. The maximum Gasteiger partial charge on any atom is 0.280 e. The van der Waals surface area contributed by atoms with Gasteiger partial charge in [-0.25, -0.2) is 8.78 Å². The van der Waals surface area contributed by atoms with Crippen LogP contribution in [0.2, 0.25) is 0 Å². The van der Waals surface area contributed by atoms with Crippen molar-refractivity contribution in [2.45, 2.75) is 45.8 Å². The highest BCUT2D eigenvalue weighted by molar-refractivity contribution is 5.75. The number of aromatic nitrogens is 1. The summed E-state index contributed by atoms with van der Waals surface area (Å²) >= 11 is 0. The van der Waals surface area contributed by atoms with Gasteiger partial charge in [0.2, 0.25) is 0 Å². The number of alkyl halides is 2. The molecule has 0 aliphatic carbocycles. The van der Waals surface area contributed by atoms with E-state index in [1.807, 2.05) is 25.1 Å². The van der Waals surface area contributed by atoms with Crippen LogP contribution >= 0.6 is 0 Å². The van der Waals surface area contributed by atoms with Crippen LogP contribution in [0.4, 0.5) is 8.78 Å². The highest BCUT2D eigenvalue weighted by atomic mass is 19.3. The zero-order valence-corrected chi connectivity index (χ0v) is 15.3. The lowest BCUT2D eigenvalue weighted by molar-refractivity contribution is 0.146. The van der Waals surface area contributed by atoms with Crippen molar-refractivity contribution < 1.29 is 18.3 Å². The highest BCUT2D eigenvalue weighted by Crippen LogP contribution is 2.39. The molecule has 1 aliphatic rings. The quantitative estimate of drug-likeness (QED) is 0.808. The third-order valence-electron chi connectivity index (χ3n) is 4.31. The number of ether oxygens (including phenoxy) is 2. The lowest BCUT2D eigenvalue weighted by atomic mass is 9.93. The molecule has 26 heavy (non-hydrogen) atoms. The first-order valence-corrected chi connectivity index (χ1v) is 8.71. The molecule has 1 aromatic heterocycles. The van der Waals surface area contributed by atoms with Gasteiger partial charge in [0.25, 0.3) is 6.43 Å². The Morgan fingerprint density at radius 1 is 1.27 bits per heavy atom. The zero-order valence-electron chi connectivity index (χ0n) is 15.3. The molecule has 2 aromatic rings. The summed E-state index contributed by atoms with van der Waals surface area (Å²) in [6.45, 7) is 6.98. The molecule has 2 heterocycles. The molecule has 1 aliphatic heterocycles. The predicted molar refractivity (Wildman–Crippen MR) is 96.5 cm³/mol. The Kier molecular flexibility index (Phi) is 5.14. The van der Waals surface area contributed by atoms with Crippen molar-refractivity contribution in [3.63, 3.8) is 0 Å². The Balaban J connectivity index is 1.81. The summed E-state index contributed by atoms with van der Waals surface area (Å²) in [6.07, 6.45) is -0.398. The molecule has 0 spiro atoms. The van der Waals surface area contributed by atoms with Crippen LogP contribution in [0, 0.1) is 5.92 Å². The summed E-state index contributed by atoms with van der Waals surface area (Å²) in [5.41, 5.74) is 8.00. The number of pyridine rings is 1. The zero-order chi connectivity index (χ0) is 18.9. The van der Waals surface area contributed by atoms with Crippen molar-refractivity contribution in [3.05, 3.63) is 41.7 Å². The molecule has 4 nitrogen and oxygen atoms in total. The molecule has 3 rings (SSSR count). The van der Waals surface area contributed by atoms with Gasteiger partial charge in [-0.1, -0.05) is 19.9 Å². The van der Waals surface area contributed by atoms with E-state index in [4.69, 9.17) is 15.2 Å². The molecule has 0 saturated heterocycles. The molecular weight excluding hydrogens is 338 g/mol. The average molecular weight is 362 g/mol. The predicted octanol–water partition coefficient (Wildman–Crippen LogP) is 4.72. The number of fused-ring (bicyclic) bond motifs is 3. The van der Waals surface area contributed by atoms with E-state index >= 15 is 0 Å². The molecule has 2 N–H and O–H groups in total. The fraction of sp³-hybridized carbons (Fsp3) is 0.450. The van der Waals surface area contributed by atoms with E-state index in [-0.39, 0.29) is 5.69 Å². The lowest BCUT2D eigenvalue weighted by Crippen LogP contribution is -2.43. The van der Waals surface area contributed by atoms with Crippen LogP contribution in [0.25, 0.3) is 11.1 Å². The monoisotopic (exact) mass is 362 g/mol. The van der Waals surface area contributed by atoms with Crippen molar-refractivity contribution in [1.82, 2.24) is 4.98 Å². The van der Waals surface area contributed by atoms with E-state index in [1.165, 1.54) is 12.3 Å². The summed E-state index contributed by atoms with van der Waals surface area (Å²) in [5, 5.41) is 0. The summed E-state index contributed by atoms with van der Waals surface area (Å²) in [5.74, 6) is 1.70. The van der Waals surface area contributed by atoms with Gasteiger partial charge >= 0.3 is 0 Å². The Morgan fingerprint density at radius 2 is 2.04 bits per heavy atom. The fourth-order valence-electron chi connectivity index (χ4n) is 3.34. The van der Waals surface area contributed by atoms with Crippen molar-refractivity contribution in [2.75, 3.05) is 6.61 Å². The SMILES string of the molecule is CC(C)CC(C)(N)COc1ccc2c(c1)COc1cnc(C(F)F)cc1-2. The van der Waals surface area contributed by atoms with Crippen LogP contribution in [0.3, 0.4) is 0 Å². The molecule has 6 heteroatoms. The number of hydrogen-bond acceptors (Lipinski definition) is 4. The maximum absolute atomic E-state index is 12.9. The normalized spacial score (nSPS) is 15.2. The van der Waals surface area contributed by atoms with Gasteiger partial charge in [0.15, 0.2) is 0 Å². The minimum absolute atomic E-state index is 0.256. The summed E-state index contributed by atoms with van der Waals surface area (Å²) in [6, 6.07) is 6.98. The van der Waals surface area contributed by atoms with Gasteiger partial charge in [0, 0.05) is 16.7 Å². The van der Waals surface area contributed by atoms with Crippen LogP contribution < -0.4 is 15.2 Å². The standard InChI is InChI=1S/C20H24F2N2O2/c1-12(2)8-20(3,23)11-26-14-4-5-15-13(6-14)10-25-18-9-24-17(19(21)22)7-16(15)18/h4-7,9,12,19H,8,10-11,23H2,1-3H3. The largest absolute Gasteiger partial charge is 0.492 e. The Labute approximate surface area is 152 Å². The van der Waals surface area contributed by atoms with Crippen molar-refractivity contribution >= 4 is 0 Å². The number of hydrogen-bond donors (Lipinski definition) is 1. The molecule has 0 saturated carbocycles. The molecule has 1 unspecified atom stereocenters. The van der Waals surface area contributed by atoms with Crippen molar-refractivity contribution in [2.24, 2.45) is 11.7 Å². The number of halogens is 2. The van der Waals surface area contributed by atoms with Gasteiger partial charge < -0.3 is 15.2 Å². The average Bonchev–Trinajstić information content (AvgIpc) is 2.58. The number of nitrogens with zero attached hydrogens (tertiary/aromatic N) is 1. The molecule has 0 radical (unpaired) electrons. The molecule has 0 amide bonds. The van der Waals surface area contributed by atoms with Crippen LogP contribution in [0.15, 0.2) is 30.5 Å². The molecule has 1 atom stereocenters. The van der Waals surface area contributed by atoms with Crippen LogP contribution in [0.5, 0.6) is 11.5 Å². The van der Waals surface area contributed by atoms with Gasteiger partial charge in [0.05, 0.1) is 6.20 Å². The summed E-state index contributed by atoms with van der Waals surface area (Å²) in [7, 11) is 0. The third-order valence-corrected chi connectivity index (χ3v) is 4.31. The maximum atomic E-state index is 12.9. The molecule has 0 fully saturated rings. The van der Waals surface area contributed by atoms with Gasteiger partial charge in [-0.15, -0.1) is 0 Å². The van der Waals surface area contributed by atoms with Crippen LogP contribution in [-0.4, -0.2) is 17.1 Å². The van der Waals surface area contributed by atoms with E-state index in [0.717, 1.165) is 17.5 Å². The second-order valence-corrected chi connectivity index (χ2v) is 7.55. The van der Waals surface area contributed by atoms with Crippen LogP contribution in [-0.2, 0) is 6.61 Å². The number of benzene rings is 1.